The van der Waals surface area contributed by atoms with Gasteiger partial charge in [-0.1, -0.05) is 49.1 Å². The number of benzene rings is 2. The van der Waals surface area contributed by atoms with Crippen LogP contribution >= 0.6 is 11.6 Å². The van der Waals surface area contributed by atoms with E-state index in [4.69, 9.17) is 22.1 Å². The van der Waals surface area contributed by atoms with Gasteiger partial charge in [0.1, 0.15) is 5.75 Å². The summed E-state index contributed by atoms with van der Waals surface area (Å²) in [5.74, 6) is 0.644. The van der Waals surface area contributed by atoms with Crippen LogP contribution in [-0.4, -0.2) is 35.9 Å². The number of para-hydroxylation sites is 1. The molecule has 7 heteroatoms. The topological polar surface area (TPSA) is 84.7 Å². The summed E-state index contributed by atoms with van der Waals surface area (Å²) in [4.78, 5) is 26.6. The van der Waals surface area contributed by atoms with E-state index in [9.17, 15) is 9.59 Å². The second kappa shape index (κ2) is 11.0. The fourth-order valence-corrected chi connectivity index (χ4v) is 5.23. The van der Waals surface area contributed by atoms with E-state index in [1.54, 1.807) is 0 Å². The number of amides is 2. The van der Waals surface area contributed by atoms with E-state index in [1.807, 2.05) is 42.5 Å². The van der Waals surface area contributed by atoms with Crippen molar-refractivity contribution in [2.24, 2.45) is 5.73 Å². The molecule has 2 amide bonds. The predicted octanol–water partition coefficient (Wildman–Crippen LogP) is 4.85. The van der Waals surface area contributed by atoms with Crippen LogP contribution in [-0.2, 0) is 16.1 Å². The Bertz CT molecular complexity index is 990. The van der Waals surface area contributed by atoms with E-state index in [1.165, 1.54) is 19.3 Å². The van der Waals surface area contributed by atoms with Crippen molar-refractivity contribution in [1.29, 1.82) is 0 Å². The number of ether oxygens (including phenoxy) is 1. The largest absolute Gasteiger partial charge is 0.483 e. The SMILES string of the molecule is NC(=O)C1CCCN1Cc1ccccc1NC(=O)COc1ccc(Cl)cc1C1CCCCC1. The Morgan fingerprint density at radius 1 is 1.06 bits per heavy atom. The number of nitrogens with two attached hydrogens (primary N) is 1. The van der Waals surface area contributed by atoms with Crippen LogP contribution in [0.2, 0.25) is 5.02 Å². The van der Waals surface area contributed by atoms with E-state index in [-0.39, 0.29) is 24.5 Å². The first-order valence-corrected chi connectivity index (χ1v) is 12.2. The molecular weight excluding hydrogens is 438 g/mol. The van der Waals surface area contributed by atoms with Gasteiger partial charge in [0.25, 0.3) is 5.91 Å². The lowest BCUT2D eigenvalue weighted by Gasteiger charge is -2.24. The molecule has 1 unspecified atom stereocenters. The number of hydrogen-bond acceptors (Lipinski definition) is 4. The molecule has 2 aromatic carbocycles. The van der Waals surface area contributed by atoms with Crippen molar-refractivity contribution in [2.75, 3.05) is 18.5 Å². The normalized spacial score (nSPS) is 19.4. The van der Waals surface area contributed by atoms with E-state index in [0.717, 1.165) is 54.8 Å². The highest BCUT2D eigenvalue weighted by Crippen LogP contribution is 2.38. The molecule has 3 N–H and O–H groups in total. The molecule has 0 bridgehead atoms. The lowest BCUT2D eigenvalue weighted by atomic mass is 9.84. The standard InChI is InChI=1S/C26H32ClN3O3/c27-20-12-13-24(21(15-20)18-7-2-1-3-8-18)33-17-25(31)29-22-10-5-4-9-19(22)16-30-14-6-11-23(30)26(28)32/h4-5,9-10,12-13,15,18,23H,1-3,6-8,11,14,16-17H2,(H2,28,32)(H,29,31). The van der Waals surface area contributed by atoms with Gasteiger partial charge in [-0.05, 0) is 73.5 Å². The molecule has 6 nitrogen and oxygen atoms in total. The number of nitrogens with one attached hydrogen (secondary N) is 1. The number of rotatable bonds is 8. The van der Waals surface area contributed by atoms with Crippen LogP contribution in [0.4, 0.5) is 5.69 Å². The zero-order valence-electron chi connectivity index (χ0n) is 18.9. The number of likely N-dealkylation sites (tertiary alicyclic amines) is 1. The summed E-state index contributed by atoms with van der Waals surface area (Å²) in [6.07, 6.45) is 7.66. The minimum Gasteiger partial charge on any atom is -0.483 e. The summed E-state index contributed by atoms with van der Waals surface area (Å²) in [6, 6.07) is 13.1. The van der Waals surface area contributed by atoms with E-state index < -0.39 is 0 Å². The molecule has 176 valence electrons. The van der Waals surface area contributed by atoms with Gasteiger partial charge in [0.05, 0.1) is 6.04 Å². The molecule has 2 aromatic rings. The second-order valence-corrected chi connectivity index (χ2v) is 9.48. The van der Waals surface area contributed by atoms with Crippen LogP contribution in [0.25, 0.3) is 0 Å². The Morgan fingerprint density at radius 3 is 2.64 bits per heavy atom. The van der Waals surface area contributed by atoms with E-state index in [2.05, 4.69) is 10.2 Å². The maximum atomic E-state index is 12.8. The van der Waals surface area contributed by atoms with Gasteiger partial charge >= 0.3 is 0 Å². The second-order valence-electron chi connectivity index (χ2n) is 9.04. The van der Waals surface area contributed by atoms with Gasteiger partial charge in [0.2, 0.25) is 5.91 Å². The fraction of sp³-hybridized carbons (Fsp3) is 0.462. The average molecular weight is 470 g/mol. The smallest absolute Gasteiger partial charge is 0.262 e. The summed E-state index contributed by atoms with van der Waals surface area (Å²) < 4.78 is 5.96. The van der Waals surface area contributed by atoms with Gasteiger partial charge in [0, 0.05) is 17.3 Å². The van der Waals surface area contributed by atoms with Crippen molar-refractivity contribution in [3.63, 3.8) is 0 Å². The highest BCUT2D eigenvalue weighted by atomic mass is 35.5. The molecule has 1 atom stereocenters. The average Bonchev–Trinajstić information content (AvgIpc) is 3.29. The molecule has 1 aliphatic carbocycles. The van der Waals surface area contributed by atoms with Crippen molar-refractivity contribution in [3.05, 3.63) is 58.6 Å². The highest BCUT2D eigenvalue weighted by molar-refractivity contribution is 6.30. The molecule has 1 aliphatic heterocycles. The third kappa shape index (κ3) is 6.06. The molecule has 2 fully saturated rings. The van der Waals surface area contributed by atoms with Crippen molar-refractivity contribution >= 4 is 29.1 Å². The van der Waals surface area contributed by atoms with Crippen molar-refractivity contribution in [2.45, 2.75) is 63.5 Å². The minimum absolute atomic E-state index is 0.0800. The van der Waals surface area contributed by atoms with Gasteiger partial charge in [-0.25, -0.2) is 0 Å². The summed E-state index contributed by atoms with van der Waals surface area (Å²) in [5.41, 5.74) is 8.33. The van der Waals surface area contributed by atoms with Crippen molar-refractivity contribution in [1.82, 2.24) is 4.90 Å². The molecule has 1 saturated heterocycles. The molecule has 1 heterocycles. The monoisotopic (exact) mass is 469 g/mol. The van der Waals surface area contributed by atoms with Gasteiger partial charge in [-0.15, -0.1) is 0 Å². The van der Waals surface area contributed by atoms with Crippen molar-refractivity contribution in [3.8, 4) is 5.75 Å². The molecular formula is C26H32ClN3O3. The lowest BCUT2D eigenvalue weighted by molar-refractivity contribution is -0.122. The lowest BCUT2D eigenvalue weighted by Crippen LogP contribution is -2.39. The molecule has 4 rings (SSSR count). The third-order valence-corrected chi connectivity index (χ3v) is 6.97. The molecule has 0 aromatic heterocycles. The third-order valence-electron chi connectivity index (χ3n) is 6.73. The summed E-state index contributed by atoms with van der Waals surface area (Å²) in [6.45, 7) is 1.30. The number of halogens is 1. The van der Waals surface area contributed by atoms with E-state index in [0.29, 0.717) is 17.5 Å². The highest BCUT2D eigenvalue weighted by Gasteiger charge is 2.29. The van der Waals surface area contributed by atoms with E-state index >= 15 is 0 Å². The first-order valence-electron chi connectivity index (χ1n) is 11.8. The quantitative estimate of drug-likeness (QED) is 0.578. The number of anilines is 1. The fourth-order valence-electron chi connectivity index (χ4n) is 5.05. The number of carbonyl (C=O) groups excluding carboxylic acids is 2. The molecule has 2 aliphatic rings. The van der Waals surface area contributed by atoms with Crippen LogP contribution in [0.1, 0.15) is 62.0 Å². The van der Waals surface area contributed by atoms with Gasteiger partial charge in [-0.3, -0.25) is 14.5 Å². The first-order chi connectivity index (χ1) is 16.0. The van der Waals surface area contributed by atoms with Crippen LogP contribution in [0.5, 0.6) is 5.75 Å². The Kier molecular flexibility index (Phi) is 7.89. The molecule has 0 spiro atoms. The Hall–Kier alpha value is -2.57. The van der Waals surface area contributed by atoms with Crippen LogP contribution in [0.3, 0.4) is 0 Å². The number of hydrogen-bond donors (Lipinski definition) is 2. The molecule has 0 radical (unpaired) electrons. The van der Waals surface area contributed by atoms with Gasteiger partial charge in [-0.2, -0.15) is 0 Å². The van der Waals surface area contributed by atoms with Gasteiger partial charge in [0.15, 0.2) is 6.61 Å². The number of primary amides is 1. The zero-order valence-corrected chi connectivity index (χ0v) is 19.7. The summed E-state index contributed by atoms with van der Waals surface area (Å²) >= 11 is 6.26. The Labute approximate surface area is 200 Å². The Morgan fingerprint density at radius 2 is 1.85 bits per heavy atom. The maximum absolute atomic E-state index is 12.8. The maximum Gasteiger partial charge on any atom is 0.262 e. The summed E-state index contributed by atoms with van der Waals surface area (Å²) in [7, 11) is 0. The van der Waals surface area contributed by atoms with Gasteiger partial charge < -0.3 is 15.8 Å². The number of nitrogens with zero attached hydrogens (tertiary/aromatic N) is 1. The van der Waals surface area contributed by atoms with Crippen molar-refractivity contribution < 1.29 is 14.3 Å². The zero-order chi connectivity index (χ0) is 23.2. The van der Waals surface area contributed by atoms with Crippen LogP contribution in [0, 0.1) is 0 Å². The first kappa shape index (κ1) is 23.6. The number of carbonyl (C=O) groups is 2. The predicted molar refractivity (Wildman–Crippen MR) is 130 cm³/mol. The summed E-state index contributed by atoms with van der Waals surface area (Å²) in [5, 5.41) is 3.67. The molecule has 1 saturated carbocycles. The molecule has 33 heavy (non-hydrogen) atoms. The van der Waals surface area contributed by atoms with Crippen LogP contribution < -0.4 is 15.8 Å². The minimum atomic E-state index is -0.292. The van der Waals surface area contributed by atoms with Crippen LogP contribution in [0.15, 0.2) is 42.5 Å². The Balaban J connectivity index is 1.40.